The summed E-state index contributed by atoms with van der Waals surface area (Å²) < 4.78 is 1.09. The second-order valence-corrected chi connectivity index (χ2v) is 5.39. The van der Waals surface area contributed by atoms with E-state index in [1.54, 1.807) is 6.07 Å². The van der Waals surface area contributed by atoms with Gasteiger partial charge in [0.25, 0.3) is 0 Å². The van der Waals surface area contributed by atoms with Crippen molar-refractivity contribution < 1.29 is 5.11 Å². The third kappa shape index (κ3) is 2.98. The van der Waals surface area contributed by atoms with Gasteiger partial charge in [-0.05, 0) is 55.0 Å². The molecule has 3 N–H and O–H groups in total. The van der Waals surface area contributed by atoms with E-state index in [1.165, 1.54) is 0 Å². The standard InChI is InChI=1S/C13H20BrNO/c1-8(2)11(4-5-15)12-7-10(16)6-9(3)13(12)14/h6-8,11,16H,4-5,15H2,1-3H3. The van der Waals surface area contributed by atoms with Crippen LogP contribution in [0.25, 0.3) is 0 Å². The van der Waals surface area contributed by atoms with Crippen LogP contribution >= 0.6 is 15.9 Å². The van der Waals surface area contributed by atoms with E-state index in [4.69, 9.17) is 5.73 Å². The average molecular weight is 286 g/mol. The molecule has 0 amide bonds. The number of phenols is 1. The van der Waals surface area contributed by atoms with Gasteiger partial charge in [0.15, 0.2) is 0 Å². The lowest BCUT2D eigenvalue weighted by molar-refractivity contribution is 0.455. The number of benzene rings is 1. The molecule has 0 spiro atoms. The highest BCUT2D eigenvalue weighted by Gasteiger charge is 2.19. The number of hydrogen-bond acceptors (Lipinski definition) is 2. The van der Waals surface area contributed by atoms with Crippen molar-refractivity contribution in [3.05, 3.63) is 27.7 Å². The molecular weight excluding hydrogens is 266 g/mol. The fourth-order valence-corrected chi connectivity index (χ4v) is 2.60. The molecule has 0 heterocycles. The van der Waals surface area contributed by atoms with Crippen molar-refractivity contribution in [3.8, 4) is 5.75 Å². The third-order valence-electron chi connectivity index (χ3n) is 2.95. The van der Waals surface area contributed by atoms with Crippen LogP contribution in [-0.4, -0.2) is 11.7 Å². The number of aromatic hydroxyl groups is 1. The van der Waals surface area contributed by atoms with Gasteiger partial charge in [0.1, 0.15) is 5.75 Å². The lowest BCUT2D eigenvalue weighted by Gasteiger charge is -2.23. The first kappa shape index (κ1) is 13.5. The Morgan fingerprint density at radius 3 is 2.50 bits per heavy atom. The fourth-order valence-electron chi connectivity index (χ4n) is 2.07. The Bertz CT molecular complexity index is 363. The van der Waals surface area contributed by atoms with Crippen LogP contribution in [0.4, 0.5) is 0 Å². The van der Waals surface area contributed by atoms with Crippen LogP contribution in [0.1, 0.15) is 37.3 Å². The molecule has 1 aromatic carbocycles. The maximum absolute atomic E-state index is 9.67. The molecule has 1 aromatic rings. The predicted molar refractivity (Wildman–Crippen MR) is 71.8 cm³/mol. The average Bonchev–Trinajstić information content (AvgIpc) is 2.20. The number of aryl methyl sites for hydroxylation is 1. The largest absolute Gasteiger partial charge is 0.508 e. The van der Waals surface area contributed by atoms with Gasteiger partial charge < -0.3 is 10.8 Å². The van der Waals surface area contributed by atoms with Crippen molar-refractivity contribution in [1.29, 1.82) is 0 Å². The highest BCUT2D eigenvalue weighted by atomic mass is 79.9. The molecule has 0 aliphatic carbocycles. The lowest BCUT2D eigenvalue weighted by Crippen LogP contribution is -2.13. The van der Waals surface area contributed by atoms with Crippen molar-refractivity contribution in [2.75, 3.05) is 6.54 Å². The number of rotatable bonds is 4. The van der Waals surface area contributed by atoms with Gasteiger partial charge in [-0.25, -0.2) is 0 Å². The number of halogens is 1. The summed E-state index contributed by atoms with van der Waals surface area (Å²) >= 11 is 3.60. The quantitative estimate of drug-likeness (QED) is 0.889. The van der Waals surface area contributed by atoms with Crippen LogP contribution in [0.2, 0.25) is 0 Å². The summed E-state index contributed by atoms with van der Waals surface area (Å²) in [5.74, 6) is 1.24. The van der Waals surface area contributed by atoms with Gasteiger partial charge in [0.05, 0.1) is 0 Å². The van der Waals surface area contributed by atoms with Crippen LogP contribution in [0.5, 0.6) is 5.75 Å². The van der Waals surface area contributed by atoms with Crippen molar-refractivity contribution in [2.45, 2.75) is 33.1 Å². The zero-order chi connectivity index (χ0) is 12.3. The second-order valence-electron chi connectivity index (χ2n) is 4.59. The van der Waals surface area contributed by atoms with Gasteiger partial charge in [-0.1, -0.05) is 29.8 Å². The molecule has 0 bridgehead atoms. The van der Waals surface area contributed by atoms with E-state index in [1.807, 2.05) is 13.0 Å². The molecule has 1 atom stereocenters. The molecule has 0 aliphatic heterocycles. The molecule has 90 valence electrons. The Kier molecular flexibility index (Phi) is 4.81. The van der Waals surface area contributed by atoms with Crippen LogP contribution < -0.4 is 5.73 Å². The van der Waals surface area contributed by atoms with Crippen LogP contribution in [0.3, 0.4) is 0 Å². The number of nitrogens with two attached hydrogens (primary N) is 1. The lowest BCUT2D eigenvalue weighted by atomic mass is 9.85. The van der Waals surface area contributed by atoms with E-state index in [2.05, 4.69) is 29.8 Å². The summed E-state index contributed by atoms with van der Waals surface area (Å²) in [6, 6.07) is 3.62. The van der Waals surface area contributed by atoms with Crippen molar-refractivity contribution in [1.82, 2.24) is 0 Å². The Balaban J connectivity index is 3.17. The normalized spacial score (nSPS) is 13.1. The topological polar surface area (TPSA) is 46.2 Å². The molecule has 0 aromatic heterocycles. The minimum Gasteiger partial charge on any atom is -0.508 e. The van der Waals surface area contributed by atoms with Gasteiger partial charge >= 0.3 is 0 Å². The van der Waals surface area contributed by atoms with Gasteiger partial charge in [-0.15, -0.1) is 0 Å². The van der Waals surface area contributed by atoms with Crippen molar-refractivity contribution in [2.24, 2.45) is 11.7 Å². The molecular formula is C13H20BrNO. The molecule has 1 unspecified atom stereocenters. The van der Waals surface area contributed by atoms with Gasteiger partial charge in [-0.3, -0.25) is 0 Å². The minimum absolute atomic E-state index is 0.332. The molecule has 0 saturated carbocycles. The molecule has 0 radical (unpaired) electrons. The van der Waals surface area contributed by atoms with E-state index in [0.717, 1.165) is 22.0 Å². The van der Waals surface area contributed by atoms with Crippen molar-refractivity contribution >= 4 is 15.9 Å². The maximum Gasteiger partial charge on any atom is 0.116 e. The molecule has 1 rings (SSSR count). The molecule has 16 heavy (non-hydrogen) atoms. The van der Waals surface area contributed by atoms with E-state index in [-0.39, 0.29) is 0 Å². The smallest absolute Gasteiger partial charge is 0.116 e. The summed E-state index contributed by atoms with van der Waals surface area (Å²) in [5, 5.41) is 9.67. The van der Waals surface area contributed by atoms with E-state index >= 15 is 0 Å². The minimum atomic E-state index is 0.332. The first-order valence-corrected chi connectivity index (χ1v) is 6.45. The molecule has 0 fully saturated rings. The third-order valence-corrected chi connectivity index (χ3v) is 4.03. The van der Waals surface area contributed by atoms with E-state index in [0.29, 0.717) is 24.1 Å². The SMILES string of the molecule is Cc1cc(O)cc(C(CCN)C(C)C)c1Br. The van der Waals surface area contributed by atoms with E-state index in [9.17, 15) is 5.11 Å². The number of hydrogen-bond donors (Lipinski definition) is 2. The highest BCUT2D eigenvalue weighted by Crippen LogP contribution is 2.36. The summed E-state index contributed by atoms with van der Waals surface area (Å²) in [5.41, 5.74) is 7.88. The maximum atomic E-state index is 9.67. The van der Waals surface area contributed by atoms with Crippen LogP contribution in [0.15, 0.2) is 16.6 Å². The predicted octanol–water partition coefficient (Wildman–Crippen LogP) is 3.55. The van der Waals surface area contributed by atoms with Gasteiger partial charge in [-0.2, -0.15) is 0 Å². The Morgan fingerprint density at radius 2 is 2.00 bits per heavy atom. The van der Waals surface area contributed by atoms with E-state index < -0.39 is 0 Å². The Hall–Kier alpha value is -0.540. The highest BCUT2D eigenvalue weighted by molar-refractivity contribution is 9.10. The monoisotopic (exact) mass is 285 g/mol. The number of phenolic OH excluding ortho intramolecular Hbond substituents is 1. The zero-order valence-corrected chi connectivity index (χ0v) is 11.7. The first-order chi connectivity index (χ1) is 7.47. The molecule has 3 heteroatoms. The van der Waals surface area contributed by atoms with Crippen LogP contribution in [-0.2, 0) is 0 Å². The van der Waals surface area contributed by atoms with Crippen molar-refractivity contribution in [3.63, 3.8) is 0 Å². The summed E-state index contributed by atoms with van der Waals surface area (Å²) in [6.45, 7) is 7.04. The Labute approximate surface area is 106 Å². The summed E-state index contributed by atoms with van der Waals surface area (Å²) in [7, 11) is 0. The summed E-state index contributed by atoms with van der Waals surface area (Å²) in [6.07, 6.45) is 0.944. The van der Waals surface area contributed by atoms with Crippen LogP contribution in [0, 0.1) is 12.8 Å². The molecule has 2 nitrogen and oxygen atoms in total. The fraction of sp³-hybridized carbons (Fsp3) is 0.538. The van der Waals surface area contributed by atoms with Gasteiger partial charge in [0, 0.05) is 4.47 Å². The molecule has 0 aliphatic rings. The first-order valence-electron chi connectivity index (χ1n) is 5.66. The summed E-state index contributed by atoms with van der Waals surface area (Å²) in [4.78, 5) is 0. The van der Waals surface area contributed by atoms with Gasteiger partial charge in [0.2, 0.25) is 0 Å². The Morgan fingerprint density at radius 1 is 1.38 bits per heavy atom. The zero-order valence-electron chi connectivity index (χ0n) is 10.1. The second kappa shape index (κ2) is 5.69. The molecule has 0 saturated heterocycles.